The molecule has 0 saturated heterocycles. The molecule has 0 aliphatic carbocycles. The summed E-state index contributed by atoms with van der Waals surface area (Å²) in [5.41, 5.74) is 1.28. The molecule has 0 saturated carbocycles. The molecule has 1 unspecified atom stereocenters. The minimum atomic E-state index is 0.656. The fourth-order valence-corrected chi connectivity index (χ4v) is 2.50. The number of hydrogen-bond acceptors (Lipinski definition) is 1. The first-order chi connectivity index (χ1) is 9.36. The molecule has 1 atom stereocenters. The van der Waals surface area contributed by atoms with Gasteiger partial charge in [0.05, 0.1) is 0 Å². The van der Waals surface area contributed by atoms with E-state index in [1.54, 1.807) is 0 Å². The monoisotopic (exact) mass is 261 g/mol. The van der Waals surface area contributed by atoms with Crippen LogP contribution in [0.3, 0.4) is 0 Å². The van der Waals surface area contributed by atoms with Gasteiger partial charge >= 0.3 is 0 Å². The van der Waals surface area contributed by atoms with E-state index in [4.69, 9.17) is 0 Å². The standard InChI is InChI=1S/C18H31N/c1-3-5-7-8-10-14-17(13-6-4-2)19-18-15-11-9-12-16-18/h9,11-12,15-17,19H,3-8,10,13-14H2,1-2H3. The number of rotatable bonds is 11. The van der Waals surface area contributed by atoms with E-state index >= 15 is 0 Å². The minimum Gasteiger partial charge on any atom is -0.382 e. The molecule has 1 heteroatoms. The van der Waals surface area contributed by atoms with Gasteiger partial charge in [-0.1, -0.05) is 77.0 Å². The van der Waals surface area contributed by atoms with Crippen LogP contribution < -0.4 is 5.32 Å². The van der Waals surface area contributed by atoms with E-state index in [0.717, 1.165) is 0 Å². The second-order valence-electron chi connectivity index (χ2n) is 5.55. The first kappa shape index (κ1) is 16.1. The Morgan fingerprint density at radius 2 is 1.42 bits per heavy atom. The van der Waals surface area contributed by atoms with Crippen LogP contribution in [-0.4, -0.2) is 6.04 Å². The van der Waals surface area contributed by atoms with Crippen molar-refractivity contribution in [1.29, 1.82) is 0 Å². The van der Waals surface area contributed by atoms with Crippen molar-refractivity contribution in [3.8, 4) is 0 Å². The summed E-state index contributed by atoms with van der Waals surface area (Å²) in [6.45, 7) is 4.56. The van der Waals surface area contributed by atoms with Gasteiger partial charge in [0.1, 0.15) is 0 Å². The van der Waals surface area contributed by atoms with Crippen LogP contribution in [-0.2, 0) is 0 Å². The molecule has 19 heavy (non-hydrogen) atoms. The molecule has 0 bridgehead atoms. The highest BCUT2D eigenvalue weighted by Gasteiger charge is 2.07. The van der Waals surface area contributed by atoms with Crippen LogP contribution in [0.4, 0.5) is 5.69 Å². The molecule has 0 heterocycles. The summed E-state index contributed by atoms with van der Waals surface area (Å²) in [4.78, 5) is 0. The van der Waals surface area contributed by atoms with Crippen LogP contribution in [0.15, 0.2) is 30.3 Å². The number of benzene rings is 1. The van der Waals surface area contributed by atoms with Gasteiger partial charge in [-0.15, -0.1) is 0 Å². The van der Waals surface area contributed by atoms with E-state index < -0.39 is 0 Å². The maximum atomic E-state index is 3.70. The molecular weight excluding hydrogens is 230 g/mol. The van der Waals surface area contributed by atoms with Crippen LogP contribution in [0.2, 0.25) is 0 Å². The molecular formula is C18H31N. The van der Waals surface area contributed by atoms with Crippen molar-refractivity contribution in [2.75, 3.05) is 5.32 Å². The minimum absolute atomic E-state index is 0.656. The lowest BCUT2D eigenvalue weighted by atomic mass is 10.0. The Hall–Kier alpha value is -0.980. The van der Waals surface area contributed by atoms with Crippen molar-refractivity contribution in [3.05, 3.63) is 30.3 Å². The summed E-state index contributed by atoms with van der Waals surface area (Å²) in [7, 11) is 0. The normalized spacial score (nSPS) is 12.3. The molecule has 1 aromatic carbocycles. The van der Waals surface area contributed by atoms with Gasteiger partial charge in [0.2, 0.25) is 0 Å². The smallest absolute Gasteiger partial charge is 0.0342 e. The molecule has 108 valence electrons. The quantitative estimate of drug-likeness (QED) is 0.480. The van der Waals surface area contributed by atoms with Crippen LogP contribution in [0, 0.1) is 0 Å². The molecule has 0 aliphatic heterocycles. The van der Waals surface area contributed by atoms with Gasteiger partial charge in [-0.25, -0.2) is 0 Å². The summed E-state index contributed by atoms with van der Waals surface area (Å²) in [5, 5.41) is 3.70. The lowest BCUT2D eigenvalue weighted by molar-refractivity contribution is 0.523. The van der Waals surface area contributed by atoms with Gasteiger partial charge in [-0.2, -0.15) is 0 Å². The number of anilines is 1. The van der Waals surface area contributed by atoms with Crippen molar-refractivity contribution < 1.29 is 0 Å². The lowest BCUT2D eigenvalue weighted by Crippen LogP contribution is -2.19. The van der Waals surface area contributed by atoms with E-state index in [9.17, 15) is 0 Å². The maximum Gasteiger partial charge on any atom is 0.0342 e. The van der Waals surface area contributed by atoms with Crippen molar-refractivity contribution in [1.82, 2.24) is 0 Å². The summed E-state index contributed by atoms with van der Waals surface area (Å²) in [5.74, 6) is 0. The third-order valence-corrected chi connectivity index (χ3v) is 3.71. The van der Waals surface area contributed by atoms with Gasteiger partial charge in [-0.3, -0.25) is 0 Å². The van der Waals surface area contributed by atoms with E-state index in [1.807, 2.05) is 0 Å². The highest BCUT2D eigenvalue weighted by molar-refractivity contribution is 5.43. The predicted molar refractivity (Wildman–Crippen MR) is 86.8 cm³/mol. The fourth-order valence-electron chi connectivity index (χ4n) is 2.50. The Bertz CT molecular complexity index is 294. The molecule has 1 rings (SSSR count). The Morgan fingerprint density at radius 3 is 2.11 bits per heavy atom. The fraction of sp³-hybridized carbons (Fsp3) is 0.667. The summed E-state index contributed by atoms with van der Waals surface area (Å²) in [6, 6.07) is 11.3. The highest BCUT2D eigenvalue weighted by Crippen LogP contribution is 2.16. The average Bonchev–Trinajstić information content (AvgIpc) is 2.45. The zero-order chi connectivity index (χ0) is 13.8. The zero-order valence-corrected chi connectivity index (χ0v) is 12.8. The molecule has 1 nitrogen and oxygen atoms in total. The zero-order valence-electron chi connectivity index (χ0n) is 12.8. The van der Waals surface area contributed by atoms with Gasteiger partial charge in [-0.05, 0) is 25.0 Å². The topological polar surface area (TPSA) is 12.0 Å². The number of para-hydroxylation sites is 1. The number of hydrogen-bond donors (Lipinski definition) is 1. The average molecular weight is 261 g/mol. The Balaban J connectivity index is 2.30. The van der Waals surface area contributed by atoms with Crippen molar-refractivity contribution in [2.45, 2.75) is 77.7 Å². The van der Waals surface area contributed by atoms with Crippen LogP contribution >= 0.6 is 0 Å². The van der Waals surface area contributed by atoms with E-state index in [0.29, 0.717) is 6.04 Å². The van der Waals surface area contributed by atoms with Gasteiger partial charge in [0.25, 0.3) is 0 Å². The third kappa shape index (κ3) is 7.92. The van der Waals surface area contributed by atoms with Crippen LogP contribution in [0.25, 0.3) is 0 Å². The second-order valence-corrected chi connectivity index (χ2v) is 5.55. The second kappa shape index (κ2) is 10.9. The summed E-state index contributed by atoms with van der Waals surface area (Å²) in [6.07, 6.45) is 12.1. The molecule has 0 amide bonds. The summed E-state index contributed by atoms with van der Waals surface area (Å²) < 4.78 is 0. The predicted octanol–water partition coefficient (Wildman–Crippen LogP) is 6.02. The lowest BCUT2D eigenvalue weighted by Gasteiger charge is -2.20. The van der Waals surface area contributed by atoms with E-state index in [-0.39, 0.29) is 0 Å². The molecule has 0 aliphatic rings. The maximum absolute atomic E-state index is 3.70. The van der Waals surface area contributed by atoms with E-state index in [1.165, 1.54) is 63.5 Å². The molecule has 1 aromatic rings. The number of unbranched alkanes of at least 4 members (excludes halogenated alkanes) is 5. The van der Waals surface area contributed by atoms with Crippen molar-refractivity contribution in [3.63, 3.8) is 0 Å². The van der Waals surface area contributed by atoms with Crippen molar-refractivity contribution in [2.24, 2.45) is 0 Å². The Morgan fingerprint density at radius 1 is 0.789 bits per heavy atom. The first-order valence-electron chi connectivity index (χ1n) is 8.18. The van der Waals surface area contributed by atoms with Gasteiger partial charge < -0.3 is 5.32 Å². The summed E-state index contributed by atoms with van der Waals surface area (Å²) >= 11 is 0. The Labute approximate surface area is 119 Å². The molecule has 1 N–H and O–H groups in total. The van der Waals surface area contributed by atoms with Crippen LogP contribution in [0.1, 0.15) is 71.6 Å². The highest BCUT2D eigenvalue weighted by atomic mass is 14.9. The molecule has 0 radical (unpaired) electrons. The van der Waals surface area contributed by atoms with E-state index in [2.05, 4.69) is 49.5 Å². The third-order valence-electron chi connectivity index (χ3n) is 3.71. The molecule has 0 spiro atoms. The molecule has 0 aromatic heterocycles. The van der Waals surface area contributed by atoms with Gasteiger partial charge in [0.15, 0.2) is 0 Å². The van der Waals surface area contributed by atoms with Gasteiger partial charge in [0, 0.05) is 11.7 Å². The largest absolute Gasteiger partial charge is 0.382 e. The first-order valence-corrected chi connectivity index (χ1v) is 8.18. The SMILES string of the molecule is CCCCCCCC(CCCC)Nc1ccccc1. The molecule has 0 fully saturated rings. The Kier molecular flexibility index (Phi) is 9.22. The van der Waals surface area contributed by atoms with Crippen LogP contribution in [0.5, 0.6) is 0 Å². The van der Waals surface area contributed by atoms with Crippen molar-refractivity contribution >= 4 is 5.69 Å². The number of nitrogens with one attached hydrogen (secondary N) is 1.